The highest BCUT2D eigenvalue weighted by molar-refractivity contribution is 7.80. The first-order valence-corrected chi connectivity index (χ1v) is 7.44. The molecular weight excluding hydrogens is 314 g/mol. The number of ketones is 1. The number of ether oxygens (including phenoxy) is 1. The minimum atomic E-state index is -0.638. The largest absolute Gasteiger partial charge is 0.466 e. The quantitative estimate of drug-likeness (QED) is 0.521. The molecule has 1 aliphatic heterocycles. The molecule has 0 saturated carbocycles. The second kappa shape index (κ2) is 7.15. The highest BCUT2D eigenvalue weighted by atomic mass is 32.1. The first kappa shape index (κ1) is 16.8. The predicted molar refractivity (Wildman–Crippen MR) is 91.9 cm³/mol. The van der Waals surface area contributed by atoms with E-state index >= 15 is 0 Å². The third kappa shape index (κ3) is 3.81. The molecule has 0 amide bonds. The van der Waals surface area contributed by atoms with Crippen molar-refractivity contribution in [3.05, 3.63) is 42.1 Å². The van der Waals surface area contributed by atoms with E-state index in [0.717, 1.165) is 11.8 Å². The Hall–Kier alpha value is -2.54. The molecule has 1 aromatic carbocycles. The molecule has 23 heavy (non-hydrogen) atoms. The van der Waals surface area contributed by atoms with Crippen molar-refractivity contribution in [1.29, 1.82) is 0 Å². The number of para-hydroxylation sites is 1. The summed E-state index contributed by atoms with van der Waals surface area (Å²) in [6.07, 6.45) is 1.10. The van der Waals surface area contributed by atoms with Gasteiger partial charge in [0.15, 0.2) is 5.11 Å². The number of benzene rings is 1. The highest BCUT2D eigenvalue weighted by Crippen LogP contribution is 2.22. The van der Waals surface area contributed by atoms with Gasteiger partial charge in [0, 0.05) is 11.6 Å². The van der Waals surface area contributed by atoms with Gasteiger partial charge >= 0.3 is 5.97 Å². The minimum Gasteiger partial charge on any atom is -0.466 e. The number of Topliss-reactive ketones (excluding diaryl/α,β-unsaturated/α-hetero) is 1. The molecular formula is C16H17N3O3S. The average Bonchev–Trinajstić information content (AvgIpc) is 2.85. The second-order valence-corrected chi connectivity index (χ2v) is 5.52. The monoisotopic (exact) mass is 331 g/mol. The van der Waals surface area contributed by atoms with Crippen LogP contribution in [0.1, 0.15) is 13.8 Å². The van der Waals surface area contributed by atoms with Gasteiger partial charge in [-0.3, -0.25) is 4.79 Å². The van der Waals surface area contributed by atoms with E-state index in [1.807, 2.05) is 44.2 Å². The lowest BCUT2D eigenvalue weighted by atomic mass is 10.0. The van der Waals surface area contributed by atoms with Gasteiger partial charge < -0.3 is 10.1 Å². The first-order valence-electron chi connectivity index (χ1n) is 7.03. The molecule has 2 rings (SSSR count). The van der Waals surface area contributed by atoms with Crippen LogP contribution >= 0.6 is 12.2 Å². The maximum absolute atomic E-state index is 12.4. The molecule has 6 nitrogen and oxygen atoms in total. The van der Waals surface area contributed by atoms with Gasteiger partial charge in [0.05, 0.1) is 13.2 Å². The lowest BCUT2D eigenvalue weighted by Gasteiger charge is -2.17. The standard InChI is InChI=1S/C16H17N3O3S/c1-10(2)14-15(21)12(9-13(20)22-3)19(18-14)16(23)17-11-7-5-4-6-8-11/h4-10H,1-3H3,(H,17,23)/b12-9+. The SMILES string of the molecule is COC(=O)/C=C1\C(=O)C(C(C)C)=NN1C(=S)Nc1ccccc1. The van der Waals surface area contributed by atoms with Crippen molar-refractivity contribution in [2.24, 2.45) is 11.0 Å². The topological polar surface area (TPSA) is 71.0 Å². The van der Waals surface area contributed by atoms with Crippen LogP contribution in [-0.2, 0) is 14.3 Å². The van der Waals surface area contributed by atoms with E-state index in [0.29, 0.717) is 5.71 Å². The molecule has 0 aliphatic carbocycles. The van der Waals surface area contributed by atoms with Gasteiger partial charge in [-0.25, -0.2) is 9.80 Å². The molecule has 0 fully saturated rings. The first-order chi connectivity index (χ1) is 10.9. The Labute approximate surface area is 139 Å². The number of methoxy groups -OCH3 is 1. The lowest BCUT2D eigenvalue weighted by molar-refractivity contribution is -0.135. The van der Waals surface area contributed by atoms with Crippen molar-refractivity contribution < 1.29 is 14.3 Å². The number of rotatable bonds is 3. The molecule has 0 radical (unpaired) electrons. The average molecular weight is 331 g/mol. The fraction of sp³-hybridized carbons (Fsp3) is 0.250. The summed E-state index contributed by atoms with van der Waals surface area (Å²) in [5, 5.41) is 8.71. The third-order valence-electron chi connectivity index (χ3n) is 3.12. The van der Waals surface area contributed by atoms with Crippen LogP contribution in [0.5, 0.6) is 0 Å². The fourth-order valence-corrected chi connectivity index (χ4v) is 2.22. The fourth-order valence-electron chi connectivity index (χ4n) is 1.96. The van der Waals surface area contributed by atoms with Crippen LogP contribution < -0.4 is 5.32 Å². The highest BCUT2D eigenvalue weighted by Gasteiger charge is 2.34. The Morgan fingerprint density at radius 1 is 1.35 bits per heavy atom. The number of thiocarbonyl (C=S) groups is 1. The zero-order valence-corrected chi connectivity index (χ0v) is 13.9. The number of nitrogens with zero attached hydrogens (tertiary/aromatic N) is 2. The molecule has 1 aliphatic rings. The van der Waals surface area contributed by atoms with Gasteiger partial charge in [-0.05, 0) is 24.4 Å². The van der Waals surface area contributed by atoms with Crippen LogP contribution in [0, 0.1) is 5.92 Å². The molecule has 1 heterocycles. The zero-order chi connectivity index (χ0) is 17.0. The number of carbonyl (C=O) groups is 2. The molecule has 1 aromatic rings. The molecule has 0 saturated heterocycles. The summed E-state index contributed by atoms with van der Waals surface area (Å²) in [5.74, 6) is -1.06. The van der Waals surface area contributed by atoms with Crippen molar-refractivity contribution in [2.75, 3.05) is 12.4 Å². The van der Waals surface area contributed by atoms with Gasteiger partial charge in [-0.15, -0.1) is 0 Å². The number of hydrogen-bond acceptors (Lipinski definition) is 5. The van der Waals surface area contributed by atoms with E-state index < -0.39 is 5.97 Å². The van der Waals surface area contributed by atoms with E-state index in [2.05, 4.69) is 15.2 Å². The summed E-state index contributed by atoms with van der Waals surface area (Å²) in [5.41, 5.74) is 1.18. The number of allylic oxidation sites excluding steroid dienone is 1. The molecule has 1 N–H and O–H groups in total. The maximum Gasteiger partial charge on any atom is 0.332 e. The Morgan fingerprint density at radius 3 is 2.57 bits per heavy atom. The molecule has 7 heteroatoms. The Balaban J connectivity index is 2.31. The van der Waals surface area contributed by atoms with Crippen molar-refractivity contribution in [3.63, 3.8) is 0 Å². The summed E-state index contributed by atoms with van der Waals surface area (Å²) in [6.45, 7) is 3.70. The van der Waals surface area contributed by atoms with Crippen molar-refractivity contribution in [2.45, 2.75) is 13.8 Å². The molecule has 0 spiro atoms. The number of hydrazone groups is 1. The lowest BCUT2D eigenvalue weighted by Crippen LogP contribution is -2.29. The third-order valence-corrected chi connectivity index (χ3v) is 3.40. The van der Waals surface area contributed by atoms with Crippen LogP contribution in [0.2, 0.25) is 0 Å². The molecule has 120 valence electrons. The van der Waals surface area contributed by atoms with Crippen molar-refractivity contribution >= 4 is 40.5 Å². The summed E-state index contributed by atoms with van der Waals surface area (Å²) >= 11 is 5.32. The van der Waals surface area contributed by atoms with E-state index in [-0.39, 0.29) is 22.5 Å². The van der Waals surface area contributed by atoms with Gasteiger partial charge in [0.2, 0.25) is 5.78 Å². The number of esters is 1. The van der Waals surface area contributed by atoms with E-state index in [4.69, 9.17) is 12.2 Å². The Morgan fingerprint density at radius 2 is 2.00 bits per heavy atom. The molecule has 0 atom stereocenters. The molecule has 0 bridgehead atoms. The number of carbonyl (C=O) groups excluding carboxylic acids is 2. The summed E-state index contributed by atoms with van der Waals surface area (Å²) in [7, 11) is 1.24. The van der Waals surface area contributed by atoms with E-state index in [9.17, 15) is 9.59 Å². The predicted octanol–water partition coefficient (Wildman–Crippen LogP) is 2.34. The maximum atomic E-state index is 12.4. The van der Waals surface area contributed by atoms with Crippen molar-refractivity contribution in [3.8, 4) is 0 Å². The molecule has 0 unspecified atom stereocenters. The van der Waals surface area contributed by atoms with Crippen LogP contribution in [0.4, 0.5) is 5.69 Å². The van der Waals surface area contributed by atoms with Gasteiger partial charge in [-0.1, -0.05) is 32.0 Å². The molecule has 0 aromatic heterocycles. The summed E-state index contributed by atoms with van der Waals surface area (Å²) < 4.78 is 4.59. The second-order valence-electron chi connectivity index (χ2n) is 5.13. The summed E-state index contributed by atoms with van der Waals surface area (Å²) in [6, 6.07) is 9.26. The van der Waals surface area contributed by atoms with Crippen LogP contribution in [0.25, 0.3) is 0 Å². The van der Waals surface area contributed by atoms with Crippen LogP contribution in [-0.4, -0.2) is 34.7 Å². The Kier molecular flexibility index (Phi) is 5.23. The van der Waals surface area contributed by atoms with Gasteiger partial charge in [0.25, 0.3) is 0 Å². The normalized spacial score (nSPS) is 15.8. The smallest absolute Gasteiger partial charge is 0.332 e. The van der Waals surface area contributed by atoms with Crippen molar-refractivity contribution in [1.82, 2.24) is 5.01 Å². The van der Waals surface area contributed by atoms with E-state index in [1.165, 1.54) is 12.1 Å². The Bertz CT molecular complexity index is 696. The zero-order valence-electron chi connectivity index (χ0n) is 13.1. The van der Waals surface area contributed by atoms with Gasteiger partial charge in [0.1, 0.15) is 11.4 Å². The van der Waals surface area contributed by atoms with Crippen LogP contribution in [0.15, 0.2) is 47.2 Å². The number of nitrogens with one attached hydrogen (secondary N) is 1. The number of hydrogen-bond donors (Lipinski definition) is 1. The van der Waals surface area contributed by atoms with Gasteiger partial charge in [-0.2, -0.15) is 5.10 Å². The van der Waals surface area contributed by atoms with Crippen LogP contribution in [0.3, 0.4) is 0 Å². The minimum absolute atomic E-state index is 0.0778. The number of anilines is 1. The van der Waals surface area contributed by atoms with E-state index in [1.54, 1.807) is 0 Å². The summed E-state index contributed by atoms with van der Waals surface area (Å²) in [4.78, 5) is 24.0.